The molecule has 0 spiro atoms. The third-order valence-corrected chi connectivity index (χ3v) is 31.2. The topological polar surface area (TPSA) is 49.1 Å². The largest absolute Gasteiger partial charge is 0.455 e. The summed E-state index contributed by atoms with van der Waals surface area (Å²) in [5.74, 6) is 0. The van der Waals surface area contributed by atoms with Gasteiger partial charge in [0.25, 0.3) is 0 Å². The van der Waals surface area contributed by atoms with Crippen molar-refractivity contribution in [3.05, 3.63) is 488 Å². The maximum Gasteiger partial charge on any atom is 0.143 e. The molecule has 28 rings (SSSR count). The fraction of sp³-hybridized carbons (Fsp3) is 0.0667. The molecule has 3 aliphatic carbocycles. The summed E-state index contributed by atoms with van der Waals surface area (Å²) in [7, 11) is 0. The van der Waals surface area contributed by atoms with E-state index in [4.69, 9.17) is 13.3 Å². The van der Waals surface area contributed by atoms with Gasteiger partial charge in [-0.1, -0.05) is 351 Å². The molecule has 666 valence electrons. The lowest BCUT2D eigenvalue weighted by Crippen LogP contribution is -2.17. The molecular weight excluding hydrogens is 1710 g/mol. The zero-order valence-corrected chi connectivity index (χ0v) is 78.9. The Morgan fingerprint density at radius 2 is 0.376 bits per heavy atom. The van der Waals surface area contributed by atoms with Crippen LogP contribution in [0.4, 0.5) is 51.2 Å². The predicted octanol–water partition coefficient (Wildman–Crippen LogP) is 38.2. The van der Waals surface area contributed by atoms with Crippen LogP contribution in [0.15, 0.2) is 468 Å². The van der Waals surface area contributed by atoms with Crippen molar-refractivity contribution in [2.45, 2.75) is 57.8 Å². The Bertz CT molecular complexity index is 8650. The van der Waals surface area contributed by atoms with E-state index in [1.54, 1.807) is 0 Å². The molecule has 0 amide bonds. The Balaban J connectivity index is 0.563. The second kappa shape index (κ2) is 31.2. The van der Waals surface area contributed by atoms with E-state index in [9.17, 15) is 0 Å². The molecule has 0 saturated carbocycles. The summed E-state index contributed by atoms with van der Waals surface area (Å²) in [6, 6.07) is 169. The Kier molecular flexibility index (Phi) is 18.1. The smallest absolute Gasteiger partial charge is 0.143 e. The fourth-order valence-corrected chi connectivity index (χ4v) is 24.0. The number of benzene rings is 22. The van der Waals surface area contributed by atoms with Gasteiger partial charge in [0.05, 0.1) is 17.1 Å². The lowest BCUT2D eigenvalue weighted by molar-refractivity contribution is 0.660. The van der Waals surface area contributed by atoms with Crippen LogP contribution in [-0.4, -0.2) is 0 Å². The Hall–Kier alpha value is -17.6. The normalized spacial score (nSPS) is 13.5. The molecule has 0 unspecified atom stereocenters. The highest BCUT2D eigenvalue weighted by Crippen LogP contribution is 2.58. The summed E-state index contributed by atoms with van der Waals surface area (Å²) >= 11 is 0. The number of fused-ring (bicyclic) bond motifs is 21. The SMILES string of the molecule is CC1(C)c2cc(-c3cccc4c3oc3ccccc34)ccc2-c2ccc(N(c3ccc(-c4cc(-c5ccc(N(c6ccc7c(c6)C(C)(C)c6cc(-c8cccc9c8oc8ccccc89)ccc6-7)c6cccc7ccccc67)cc5)cc(-c5ccc(N(c6ccc7c(c6)C(C)(C)c6cc(-c8cccc9c8oc8ccccc89)ccc6-7)c6cccc7ccccc67)cc5)c4)cc3)c3cccc4ccccc34)cc21. The van der Waals surface area contributed by atoms with Crippen molar-refractivity contribution < 1.29 is 13.3 Å². The highest BCUT2D eigenvalue weighted by Gasteiger charge is 2.41. The van der Waals surface area contributed by atoms with Crippen molar-refractivity contribution in [1.82, 2.24) is 0 Å². The van der Waals surface area contributed by atoms with E-state index in [1.807, 2.05) is 18.2 Å². The molecule has 6 heteroatoms. The van der Waals surface area contributed by atoms with Gasteiger partial charge in [-0.2, -0.15) is 0 Å². The average molecular weight is 1810 g/mol. The summed E-state index contributed by atoms with van der Waals surface area (Å²) in [4.78, 5) is 7.42. The zero-order chi connectivity index (χ0) is 93.8. The second-order valence-electron chi connectivity index (χ2n) is 40.1. The monoisotopic (exact) mass is 1800 g/mol. The van der Waals surface area contributed by atoms with Gasteiger partial charge >= 0.3 is 0 Å². The van der Waals surface area contributed by atoms with Gasteiger partial charge in [0.15, 0.2) is 0 Å². The Morgan fingerprint density at radius 1 is 0.156 bits per heavy atom. The molecule has 0 fully saturated rings. The van der Waals surface area contributed by atoms with E-state index in [0.717, 1.165) is 184 Å². The molecule has 141 heavy (non-hydrogen) atoms. The van der Waals surface area contributed by atoms with Crippen molar-refractivity contribution in [3.63, 3.8) is 0 Å². The lowest BCUT2D eigenvalue weighted by atomic mass is 9.81. The van der Waals surface area contributed by atoms with E-state index < -0.39 is 0 Å². The number of para-hydroxylation sites is 6. The lowest BCUT2D eigenvalue weighted by Gasteiger charge is -2.29. The standard InChI is InChI=1S/C135H93N3O3/c1-133(2)118-76-88(103-37-22-40-115-112-34-13-16-46-127(112)139-130(103)115)55-67-106(118)109-70-64-97(79-121(109)133)136(124-43-19-28-85-25-7-10-31-100(85)124)94-58-49-82(50-59-94)91-73-92(83-51-60-95(61-52-83)137(125-44-20-29-86-26-8-11-32-101(86)125)98-65-71-110-107-68-56-89(77-119(107)134(3,4)122(110)80-98)104-38-23-41-116-113-35-14-17-47-128(113)140-131(104)116)75-93(74-91)84-53-62-96(63-54-84)138(126-45-21-30-87-27-9-12-33-102(87)126)99-66-72-111-108-69-57-90(78-120(108)135(5,6)123(111)81-99)105-39-24-42-117-114-36-15-18-48-129(114)141-132(105)117/h7-81H,1-6H3. The van der Waals surface area contributed by atoms with Crippen molar-refractivity contribution in [3.8, 4) is 100 Å². The number of furan rings is 3. The molecule has 0 N–H and O–H groups in total. The van der Waals surface area contributed by atoms with Gasteiger partial charge in [-0.25, -0.2) is 0 Å². The fourth-order valence-electron chi connectivity index (χ4n) is 24.0. The van der Waals surface area contributed by atoms with Crippen molar-refractivity contribution in [1.29, 1.82) is 0 Å². The van der Waals surface area contributed by atoms with Crippen molar-refractivity contribution in [2.75, 3.05) is 14.7 Å². The molecule has 6 nitrogen and oxygen atoms in total. The van der Waals surface area contributed by atoms with Crippen molar-refractivity contribution in [2.24, 2.45) is 0 Å². The third-order valence-electron chi connectivity index (χ3n) is 31.2. The molecule has 25 aromatic rings. The first-order chi connectivity index (χ1) is 69.1. The van der Waals surface area contributed by atoms with Crippen LogP contribution in [0.25, 0.3) is 198 Å². The van der Waals surface area contributed by atoms with Crippen LogP contribution < -0.4 is 14.7 Å². The minimum absolute atomic E-state index is 0.341. The molecule has 0 saturated heterocycles. The molecule has 3 aliphatic rings. The summed E-state index contributed by atoms with van der Waals surface area (Å²) in [5.41, 5.74) is 42.8. The number of nitrogens with zero attached hydrogens (tertiary/aromatic N) is 3. The summed E-state index contributed by atoms with van der Waals surface area (Å²) in [6.07, 6.45) is 0. The first-order valence-corrected chi connectivity index (χ1v) is 49.0. The van der Waals surface area contributed by atoms with Gasteiger partial charge in [0, 0.05) is 116 Å². The quantitative estimate of drug-likeness (QED) is 0.102. The molecule has 0 bridgehead atoms. The minimum Gasteiger partial charge on any atom is -0.455 e. The first kappa shape index (κ1) is 81.7. The van der Waals surface area contributed by atoms with E-state index in [1.165, 1.54) is 99.1 Å². The highest BCUT2D eigenvalue weighted by atomic mass is 16.3. The second-order valence-corrected chi connectivity index (χ2v) is 40.1. The molecule has 0 atom stereocenters. The first-order valence-electron chi connectivity index (χ1n) is 49.0. The maximum atomic E-state index is 6.66. The number of hydrogen-bond acceptors (Lipinski definition) is 6. The van der Waals surface area contributed by atoms with Crippen LogP contribution in [0.5, 0.6) is 0 Å². The molecule has 3 aromatic heterocycles. The van der Waals surface area contributed by atoms with E-state index >= 15 is 0 Å². The van der Waals surface area contributed by atoms with E-state index in [-0.39, 0.29) is 16.2 Å². The van der Waals surface area contributed by atoms with Gasteiger partial charge in [0.2, 0.25) is 0 Å². The molecule has 22 aromatic carbocycles. The number of anilines is 9. The highest BCUT2D eigenvalue weighted by molar-refractivity contribution is 6.14. The van der Waals surface area contributed by atoms with Crippen LogP contribution in [-0.2, 0) is 16.2 Å². The van der Waals surface area contributed by atoms with E-state index in [0.29, 0.717) is 0 Å². The van der Waals surface area contributed by atoms with Crippen LogP contribution in [0.1, 0.15) is 74.9 Å². The molecule has 3 heterocycles. The predicted molar refractivity (Wildman–Crippen MR) is 590 cm³/mol. The molecule has 0 radical (unpaired) electrons. The van der Waals surface area contributed by atoms with Crippen LogP contribution >= 0.6 is 0 Å². The van der Waals surface area contributed by atoms with Crippen LogP contribution in [0.3, 0.4) is 0 Å². The van der Waals surface area contributed by atoms with Crippen molar-refractivity contribution >= 4 is 149 Å². The average Bonchev–Trinajstić information content (AvgIpc) is 1.57. The van der Waals surface area contributed by atoms with Gasteiger partial charge < -0.3 is 28.0 Å². The summed E-state index contributed by atoms with van der Waals surface area (Å²) in [5, 5.41) is 13.8. The summed E-state index contributed by atoms with van der Waals surface area (Å²) < 4.78 is 20.0. The van der Waals surface area contributed by atoms with E-state index in [2.05, 4.69) is 493 Å². The zero-order valence-electron chi connectivity index (χ0n) is 78.9. The Morgan fingerprint density at radius 3 is 0.667 bits per heavy atom. The van der Waals surface area contributed by atoms with Gasteiger partial charge in [-0.05, 0) is 279 Å². The van der Waals surface area contributed by atoms with Gasteiger partial charge in [-0.3, -0.25) is 0 Å². The molecule has 0 aliphatic heterocycles. The summed E-state index contributed by atoms with van der Waals surface area (Å²) in [6.45, 7) is 14.3. The molecular formula is C135H93N3O3. The minimum atomic E-state index is -0.341. The third kappa shape index (κ3) is 12.8. The number of hydrogen-bond donors (Lipinski definition) is 0. The van der Waals surface area contributed by atoms with Crippen LogP contribution in [0, 0.1) is 0 Å². The van der Waals surface area contributed by atoms with Gasteiger partial charge in [0.1, 0.15) is 33.5 Å². The van der Waals surface area contributed by atoms with Crippen LogP contribution in [0.2, 0.25) is 0 Å². The van der Waals surface area contributed by atoms with Gasteiger partial charge in [-0.15, -0.1) is 0 Å². The Labute approximate surface area is 817 Å². The number of rotatable bonds is 15. The maximum absolute atomic E-state index is 6.66.